The maximum Gasteiger partial charge on any atom is 0.280 e. The Kier molecular flexibility index (Phi) is 8.30. The lowest BCUT2D eigenvalue weighted by molar-refractivity contribution is -0.892. The third-order valence-corrected chi connectivity index (χ3v) is 6.92. The maximum atomic E-state index is 12.8. The summed E-state index contributed by atoms with van der Waals surface area (Å²) in [4.78, 5) is 28.2. The van der Waals surface area contributed by atoms with E-state index in [1.807, 2.05) is 0 Å². The number of anilines is 1. The number of hydrogen-bond donors (Lipinski definition) is 3. The van der Waals surface area contributed by atoms with Gasteiger partial charge in [-0.1, -0.05) is 6.42 Å². The molecule has 3 N–H and O–H groups in total. The normalized spacial score (nSPS) is 18.0. The summed E-state index contributed by atoms with van der Waals surface area (Å²) in [5.74, 6) is -0.0644. The maximum absolute atomic E-state index is 12.8. The van der Waals surface area contributed by atoms with Crippen molar-refractivity contribution in [1.29, 1.82) is 0 Å². The number of likely N-dealkylation sites (tertiary alicyclic amines) is 1. The molecule has 28 heavy (non-hydrogen) atoms. The summed E-state index contributed by atoms with van der Waals surface area (Å²) in [6, 6.07) is 0. The minimum absolute atomic E-state index is 0.0279. The second-order valence-corrected chi connectivity index (χ2v) is 9.01. The number of aryl methyl sites for hydroxylation is 1. The molecule has 156 valence electrons. The summed E-state index contributed by atoms with van der Waals surface area (Å²) in [6.07, 6.45) is 10.5. The van der Waals surface area contributed by atoms with Crippen LogP contribution in [0.4, 0.5) is 5.00 Å². The van der Waals surface area contributed by atoms with E-state index in [0.717, 1.165) is 49.3 Å². The van der Waals surface area contributed by atoms with Crippen molar-refractivity contribution in [1.82, 2.24) is 5.32 Å². The van der Waals surface area contributed by atoms with Gasteiger partial charge >= 0.3 is 0 Å². The molecule has 0 radical (unpaired) electrons. The predicted octanol–water partition coefficient (Wildman–Crippen LogP) is 1.79. The molecule has 6 nitrogen and oxygen atoms in total. The Hall–Kier alpha value is -1.44. The standard InChI is InChI=1S/C21H33N3O3S/c1-27-14-11-22-20(26)19-16-9-5-6-10-17(16)28-21(19)23-18(25)15-24-12-7-3-2-4-8-13-24/h2-15H2,1H3,(H,22,26)(H,23,25)/p+1. The van der Waals surface area contributed by atoms with Gasteiger partial charge in [0, 0.05) is 18.5 Å². The molecule has 0 atom stereocenters. The second kappa shape index (κ2) is 10.9. The monoisotopic (exact) mass is 408 g/mol. The summed E-state index contributed by atoms with van der Waals surface area (Å²) < 4.78 is 5.04. The van der Waals surface area contributed by atoms with Crippen LogP contribution in [0.3, 0.4) is 0 Å². The predicted molar refractivity (Wildman–Crippen MR) is 112 cm³/mol. The number of amides is 2. The average molecular weight is 409 g/mol. The van der Waals surface area contributed by atoms with Crippen molar-refractivity contribution in [3.63, 3.8) is 0 Å². The SMILES string of the molecule is COCCNC(=O)c1c(NC(=O)C[NH+]2CCCCCCC2)sc2c1CCCC2. The molecule has 0 spiro atoms. The van der Waals surface area contributed by atoms with E-state index in [4.69, 9.17) is 4.74 Å². The van der Waals surface area contributed by atoms with Crippen LogP contribution in [-0.4, -0.2) is 51.7 Å². The van der Waals surface area contributed by atoms with Crippen molar-refractivity contribution in [2.45, 2.75) is 57.8 Å². The minimum atomic E-state index is -0.0923. The van der Waals surface area contributed by atoms with E-state index in [-0.39, 0.29) is 11.8 Å². The zero-order valence-electron chi connectivity index (χ0n) is 17.0. The van der Waals surface area contributed by atoms with Crippen molar-refractivity contribution in [2.75, 3.05) is 45.2 Å². The highest BCUT2D eigenvalue weighted by atomic mass is 32.1. The fourth-order valence-electron chi connectivity index (χ4n) is 4.23. The number of ether oxygens (including phenoxy) is 1. The van der Waals surface area contributed by atoms with Gasteiger partial charge in [0.1, 0.15) is 5.00 Å². The summed E-state index contributed by atoms with van der Waals surface area (Å²) in [6.45, 7) is 3.59. The molecule has 1 saturated heterocycles. The fraction of sp³-hybridized carbons (Fsp3) is 0.714. The fourth-order valence-corrected chi connectivity index (χ4v) is 5.53. The number of quaternary nitrogens is 1. The molecular weight excluding hydrogens is 374 g/mol. The Morgan fingerprint density at radius 2 is 1.75 bits per heavy atom. The molecule has 0 aromatic carbocycles. The van der Waals surface area contributed by atoms with Crippen LogP contribution in [0.5, 0.6) is 0 Å². The van der Waals surface area contributed by atoms with E-state index in [1.54, 1.807) is 18.4 Å². The number of nitrogens with one attached hydrogen (secondary N) is 3. The molecule has 0 saturated carbocycles. The summed E-state index contributed by atoms with van der Waals surface area (Å²) in [5, 5.41) is 6.76. The third-order valence-electron chi connectivity index (χ3n) is 5.71. The van der Waals surface area contributed by atoms with Crippen LogP contribution in [0, 0.1) is 0 Å². The van der Waals surface area contributed by atoms with Gasteiger partial charge in [0.2, 0.25) is 0 Å². The van der Waals surface area contributed by atoms with Crippen molar-refractivity contribution in [3.8, 4) is 0 Å². The first-order chi connectivity index (χ1) is 13.7. The number of hydrogen-bond acceptors (Lipinski definition) is 4. The van der Waals surface area contributed by atoms with Gasteiger partial charge < -0.3 is 20.3 Å². The van der Waals surface area contributed by atoms with E-state index in [2.05, 4.69) is 10.6 Å². The van der Waals surface area contributed by atoms with Crippen LogP contribution < -0.4 is 15.5 Å². The number of carbonyl (C=O) groups is 2. The van der Waals surface area contributed by atoms with Crippen LogP contribution in [0.2, 0.25) is 0 Å². The number of fused-ring (bicyclic) bond motifs is 1. The van der Waals surface area contributed by atoms with E-state index >= 15 is 0 Å². The Labute approximate surface area is 172 Å². The van der Waals surface area contributed by atoms with Crippen LogP contribution >= 0.6 is 11.3 Å². The van der Waals surface area contributed by atoms with Gasteiger partial charge in [0.15, 0.2) is 6.54 Å². The summed E-state index contributed by atoms with van der Waals surface area (Å²) in [5.41, 5.74) is 1.83. The van der Waals surface area contributed by atoms with Crippen LogP contribution in [0.1, 0.15) is 65.7 Å². The quantitative estimate of drug-likeness (QED) is 0.603. The largest absolute Gasteiger partial charge is 0.383 e. The van der Waals surface area contributed by atoms with Gasteiger partial charge in [-0.15, -0.1) is 11.3 Å². The Morgan fingerprint density at radius 3 is 2.50 bits per heavy atom. The highest BCUT2D eigenvalue weighted by Crippen LogP contribution is 2.38. The number of thiophene rings is 1. The second-order valence-electron chi connectivity index (χ2n) is 7.91. The zero-order valence-corrected chi connectivity index (χ0v) is 17.8. The van der Waals surface area contributed by atoms with Gasteiger partial charge in [-0.2, -0.15) is 0 Å². The molecule has 1 fully saturated rings. The van der Waals surface area contributed by atoms with Crippen LogP contribution in [0.15, 0.2) is 0 Å². The molecule has 0 bridgehead atoms. The Balaban J connectivity index is 1.68. The van der Waals surface area contributed by atoms with Gasteiger partial charge in [-0.25, -0.2) is 0 Å². The first-order valence-electron chi connectivity index (χ1n) is 10.7. The highest BCUT2D eigenvalue weighted by molar-refractivity contribution is 7.17. The summed E-state index contributed by atoms with van der Waals surface area (Å²) >= 11 is 1.59. The zero-order chi connectivity index (χ0) is 19.8. The van der Waals surface area contributed by atoms with Crippen LogP contribution in [-0.2, 0) is 22.4 Å². The lowest BCUT2D eigenvalue weighted by Crippen LogP contribution is -3.13. The van der Waals surface area contributed by atoms with Gasteiger partial charge in [-0.05, 0) is 56.9 Å². The van der Waals surface area contributed by atoms with Crippen LogP contribution in [0.25, 0.3) is 0 Å². The van der Waals surface area contributed by atoms with Crippen molar-refractivity contribution < 1.29 is 19.2 Å². The Morgan fingerprint density at radius 1 is 1.04 bits per heavy atom. The number of rotatable bonds is 7. The van der Waals surface area contributed by atoms with E-state index in [0.29, 0.717) is 25.3 Å². The number of carbonyl (C=O) groups excluding carboxylic acids is 2. The molecule has 1 aromatic heterocycles. The first-order valence-corrected chi connectivity index (χ1v) is 11.6. The van der Waals surface area contributed by atoms with Crippen molar-refractivity contribution in [3.05, 3.63) is 16.0 Å². The van der Waals surface area contributed by atoms with Crippen molar-refractivity contribution >= 4 is 28.2 Å². The molecular formula is C21H34N3O3S+. The molecule has 2 amide bonds. The molecule has 2 heterocycles. The molecule has 3 rings (SSSR count). The molecule has 7 heteroatoms. The molecule has 0 unspecified atom stereocenters. The van der Waals surface area contributed by atoms with E-state index in [1.165, 1.54) is 41.9 Å². The first kappa shape index (κ1) is 21.3. The van der Waals surface area contributed by atoms with E-state index in [9.17, 15) is 9.59 Å². The van der Waals surface area contributed by atoms with E-state index < -0.39 is 0 Å². The van der Waals surface area contributed by atoms with Crippen molar-refractivity contribution in [2.24, 2.45) is 0 Å². The lowest BCUT2D eigenvalue weighted by Gasteiger charge is -2.21. The molecule has 2 aliphatic rings. The minimum Gasteiger partial charge on any atom is -0.383 e. The van der Waals surface area contributed by atoms with Gasteiger partial charge in [-0.3, -0.25) is 9.59 Å². The lowest BCUT2D eigenvalue weighted by atomic mass is 9.95. The smallest absolute Gasteiger partial charge is 0.280 e. The van der Waals surface area contributed by atoms with Gasteiger partial charge in [0.25, 0.3) is 11.8 Å². The highest BCUT2D eigenvalue weighted by Gasteiger charge is 2.27. The Bertz CT molecular complexity index is 666. The summed E-state index contributed by atoms with van der Waals surface area (Å²) in [7, 11) is 1.62. The molecule has 1 aliphatic carbocycles. The number of methoxy groups -OCH3 is 1. The topological polar surface area (TPSA) is 71.9 Å². The average Bonchev–Trinajstić information content (AvgIpc) is 3.01. The molecule has 1 aliphatic heterocycles. The molecule has 1 aromatic rings. The third kappa shape index (κ3) is 5.78. The van der Waals surface area contributed by atoms with Gasteiger partial charge in [0.05, 0.1) is 25.3 Å².